The molecular weight excluding hydrogens is 266 g/mol. The lowest BCUT2D eigenvalue weighted by atomic mass is 10.1. The normalized spacial score (nSPS) is 19.1. The Kier molecular flexibility index (Phi) is 5.05. The van der Waals surface area contributed by atoms with Crippen LogP contribution in [0.3, 0.4) is 0 Å². The van der Waals surface area contributed by atoms with Crippen molar-refractivity contribution in [3.8, 4) is 0 Å². The molecule has 2 N–H and O–H groups in total. The van der Waals surface area contributed by atoms with Gasteiger partial charge in [-0.2, -0.15) is 0 Å². The van der Waals surface area contributed by atoms with Crippen LogP contribution in [0.4, 0.5) is 5.69 Å². The van der Waals surface area contributed by atoms with E-state index in [2.05, 4.69) is 5.32 Å². The number of ether oxygens (including phenoxy) is 1. The minimum Gasteiger partial charge on any atom is -0.478 e. The van der Waals surface area contributed by atoms with Crippen LogP contribution in [-0.2, 0) is 4.74 Å². The van der Waals surface area contributed by atoms with Crippen molar-refractivity contribution in [3.63, 3.8) is 0 Å². The van der Waals surface area contributed by atoms with Gasteiger partial charge in [-0.3, -0.25) is 0 Å². The van der Waals surface area contributed by atoms with Crippen molar-refractivity contribution in [2.45, 2.75) is 31.8 Å². The number of carbonyl (C=O) groups is 1. The zero-order valence-electron chi connectivity index (χ0n) is 10.7. The fourth-order valence-electron chi connectivity index (χ4n) is 2.19. The second-order valence-electron chi connectivity index (χ2n) is 4.70. The van der Waals surface area contributed by atoms with Crippen molar-refractivity contribution in [1.29, 1.82) is 0 Å². The van der Waals surface area contributed by atoms with E-state index in [1.54, 1.807) is 12.1 Å². The second-order valence-corrected chi connectivity index (χ2v) is 5.11. The van der Waals surface area contributed by atoms with Gasteiger partial charge in [0.2, 0.25) is 0 Å². The number of benzene rings is 1. The van der Waals surface area contributed by atoms with Crippen LogP contribution in [0, 0.1) is 0 Å². The van der Waals surface area contributed by atoms with Gasteiger partial charge in [0, 0.05) is 13.2 Å². The summed E-state index contributed by atoms with van der Waals surface area (Å²) in [6, 6.07) is 4.71. The van der Waals surface area contributed by atoms with Crippen LogP contribution in [0.25, 0.3) is 0 Å². The van der Waals surface area contributed by atoms with Crippen molar-refractivity contribution >= 4 is 23.3 Å². The molecule has 0 bridgehead atoms. The monoisotopic (exact) mass is 283 g/mol. The summed E-state index contributed by atoms with van der Waals surface area (Å²) in [6.45, 7) is 1.63. The first-order valence-electron chi connectivity index (χ1n) is 6.55. The van der Waals surface area contributed by atoms with Crippen LogP contribution in [-0.4, -0.2) is 30.3 Å². The zero-order valence-corrected chi connectivity index (χ0v) is 11.4. The molecule has 0 saturated carbocycles. The van der Waals surface area contributed by atoms with Gasteiger partial charge in [0.1, 0.15) is 0 Å². The quantitative estimate of drug-likeness (QED) is 0.869. The minimum atomic E-state index is -0.968. The van der Waals surface area contributed by atoms with Gasteiger partial charge in [0.05, 0.1) is 22.4 Å². The smallest absolute Gasteiger partial charge is 0.335 e. The maximum atomic E-state index is 10.8. The molecule has 0 amide bonds. The molecule has 1 aliphatic rings. The Morgan fingerprint density at radius 2 is 2.32 bits per heavy atom. The molecular formula is C14H18ClNO3. The minimum absolute atomic E-state index is 0.200. The average Bonchev–Trinajstić information content (AvgIpc) is 2.41. The maximum Gasteiger partial charge on any atom is 0.335 e. The van der Waals surface area contributed by atoms with Gasteiger partial charge in [0.25, 0.3) is 0 Å². The number of anilines is 1. The summed E-state index contributed by atoms with van der Waals surface area (Å²) in [6.07, 6.45) is 4.79. The Labute approximate surface area is 117 Å². The molecule has 5 heteroatoms. The molecule has 0 radical (unpaired) electrons. The number of aromatic carboxylic acids is 1. The van der Waals surface area contributed by atoms with E-state index in [1.165, 1.54) is 12.5 Å². The molecule has 1 heterocycles. The third-order valence-electron chi connectivity index (χ3n) is 3.27. The fourth-order valence-corrected chi connectivity index (χ4v) is 2.44. The van der Waals surface area contributed by atoms with E-state index in [1.807, 2.05) is 0 Å². The van der Waals surface area contributed by atoms with E-state index >= 15 is 0 Å². The highest BCUT2D eigenvalue weighted by Gasteiger charge is 2.13. The van der Waals surface area contributed by atoms with Crippen molar-refractivity contribution in [2.24, 2.45) is 0 Å². The topological polar surface area (TPSA) is 58.6 Å². The van der Waals surface area contributed by atoms with Crippen LogP contribution in [0.2, 0.25) is 5.02 Å². The number of nitrogens with one attached hydrogen (secondary N) is 1. The van der Waals surface area contributed by atoms with Gasteiger partial charge in [-0.05, 0) is 43.9 Å². The molecule has 1 saturated heterocycles. The van der Waals surface area contributed by atoms with E-state index in [0.29, 0.717) is 11.1 Å². The first-order chi connectivity index (χ1) is 9.16. The lowest BCUT2D eigenvalue weighted by Gasteiger charge is -2.22. The summed E-state index contributed by atoms with van der Waals surface area (Å²) in [4.78, 5) is 10.8. The van der Waals surface area contributed by atoms with Crippen molar-refractivity contribution in [1.82, 2.24) is 0 Å². The highest BCUT2D eigenvalue weighted by Crippen LogP contribution is 2.23. The molecule has 0 spiro atoms. The second kappa shape index (κ2) is 6.78. The number of hydrogen-bond acceptors (Lipinski definition) is 3. The zero-order chi connectivity index (χ0) is 13.7. The van der Waals surface area contributed by atoms with E-state index in [9.17, 15) is 4.79 Å². The Hall–Kier alpha value is -1.26. The third-order valence-corrected chi connectivity index (χ3v) is 3.58. The predicted molar refractivity (Wildman–Crippen MR) is 75.1 cm³/mol. The summed E-state index contributed by atoms with van der Waals surface area (Å²) in [5, 5.41) is 12.5. The first kappa shape index (κ1) is 14.2. The lowest BCUT2D eigenvalue weighted by molar-refractivity contribution is 0.0134. The summed E-state index contributed by atoms with van der Waals surface area (Å²) in [7, 11) is 0. The number of rotatable bonds is 5. The largest absolute Gasteiger partial charge is 0.478 e. The van der Waals surface area contributed by atoms with E-state index < -0.39 is 5.97 Å². The fraction of sp³-hybridized carbons (Fsp3) is 0.500. The van der Waals surface area contributed by atoms with Crippen LogP contribution >= 0.6 is 11.6 Å². The van der Waals surface area contributed by atoms with Gasteiger partial charge >= 0.3 is 5.97 Å². The SMILES string of the molecule is O=C(O)c1ccc(NCCC2CCCCO2)c(Cl)c1. The van der Waals surface area contributed by atoms with Gasteiger partial charge in [-0.15, -0.1) is 0 Å². The molecule has 0 aliphatic carbocycles. The van der Waals surface area contributed by atoms with Gasteiger partial charge < -0.3 is 15.2 Å². The molecule has 4 nitrogen and oxygen atoms in total. The van der Waals surface area contributed by atoms with Crippen LogP contribution < -0.4 is 5.32 Å². The number of hydrogen-bond donors (Lipinski definition) is 2. The van der Waals surface area contributed by atoms with Gasteiger partial charge in [-0.1, -0.05) is 11.6 Å². The van der Waals surface area contributed by atoms with Crippen molar-refractivity contribution in [3.05, 3.63) is 28.8 Å². The molecule has 2 rings (SSSR count). The Morgan fingerprint density at radius 3 is 2.95 bits per heavy atom. The Bertz CT molecular complexity index is 444. The predicted octanol–water partition coefficient (Wildman–Crippen LogP) is 3.41. The van der Waals surface area contributed by atoms with E-state index in [0.717, 1.165) is 38.1 Å². The Balaban J connectivity index is 1.83. The van der Waals surface area contributed by atoms with Crippen LogP contribution in [0.15, 0.2) is 18.2 Å². The molecule has 104 valence electrons. The van der Waals surface area contributed by atoms with Crippen LogP contribution in [0.1, 0.15) is 36.0 Å². The summed E-state index contributed by atoms with van der Waals surface area (Å²) in [5.74, 6) is -0.968. The lowest BCUT2D eigenvalue weighted by Crippen LogP contribution is -2.22. The molecule has 1 aliphatic heterocycles. The molecule has 0 aromatic heterocycles. The van der Waals surface area contributed by atoms with Crippen molar-refractivity contribution in [2.75, 3.05) is 18.5 Å². The maximum absolute atomic E-state index is 10.8. The number of carboxylic acid groups (broad SMARTS) is 1. The summed E-state index contributed by atoms with van der Waals surface area (Å²) < 4.78 is 5.65. The number of carboxylic acids is 1. The molecule has 1 unspecified atom stereocenters. The average molecular weight is 284 g/mol. The molecule has 1 fully saturated rings. The van der Waals surface area contributed by atoms with Gasteiger partial charge in [0.15, 0.2) is 0 Å². The first-order valence-corrected chi connectivity index (χ1v) is 6.93. The van der Waals surface area contributed by atoms with Crippen molar-refractivity contribution < 1.29 is 14.6 Å². The molecule has 1 atom stereocenters. The van der Waals surface area contributed by atoms with Crippen LogP contribution in [0.5, 0.6) is 0 Å². The third kappa shape index (κ3) is 4.11. The molecule has 19 heavy (non-hydrogen) atoms. The molecule has 1 aromatic rings. The standard InChI is InChI=1S/C14H18ClNO3/c15-12-9-10(14(17)18)4-5-13(12)16-7-6-11-3-1-2-8-19-11/h4-5,9,11,16H,1-3,6-8H2,(H,17,18). The highest BCUT2D eigenvalue weighted by molar-refractivity contribution is 6.33. The molecule has 1 aromatic carbocycles. The summed E-state index contributed by atoms with van der Waals surface area (Å²) >= 11 is 6.04. The number of halogens is 1. The van der Waals surface area contributed by atoms with E-state index in [-0.39, 0.29) is 5.56 Å². The highest BCUT2D eigenvalue weighted by atomic mass is 35.5. The Morgan fingerprint density at radius 1 is 1.47 bits per heavy atom. The van der Waals surface area contributed by atoms with Gasteiger partial charge in [-0.25, -0.2) is 4.79 Å². The summed E-state index contributed by atoms with van der Waals surface area (Å²) in [5.41, 5.74) is 0.966. The van der Waals surface area contributed by atoms with E-state index in [4.69, 9.17) is 21.4 Å².